The lowest BCUT2D eigenvalue weighted by atomic mass is 10.1. The number of nitrogens with zero attached hydrogens (tertiary/aromatic N) is 5. The summed E-state index contributed by atoms with van der Waals surface area (Å²) in [5, 5.41) is 3.60. The van der Waals surface area contributed by atoms with Crippen molar-refractivity contribution in [2.75, 3.05) is 37.4 Å². The summed E-state index contributed by atoms with van der Waals surface area (Å²) in [6.07, 6.45) is 5.41. The summed E-state index contributed by atoms with van der Waals surface area (Å²) in [4.78, 5) is 15.7. The van der Waals surface area contributed by atoms with E-state index in [1.165, 1.54) is 6.33 Å². The molecule has 4 aromatic rings. The van der Waals surface area contributed by atoms with Crippen LogP contribution in [-0.2, 0) is 11.3 Å². The van der Waals surface area contributed by atoms with Gasteiger partial charge >= 0.3 is 0 Å². The molecule has 32 heavy (non-hydrogen) atoms. The van der Waals surface area contributed by atoms with Gasteiger partial charge in [0.25, 0.3) is 0 Å². The van der Waals surface area contributed by atoms with Gasteiger partial charge in [-0.05, 0) is 37.3 Å². The molecule has 0 radical (unpaired) electrons. The number of ether oxygens (including phenoxy) is 1. The number of aromatic nitrogens is 4. The highest BCUT2D eigenvalue weighted by Gasteiger charge is 2.21. The fourth-order valence-corrected chi connectivity index (χ4v) is 4.22. The third-order valence-electron chi connectivity index (χ3n) is 5.90. The lowest BCUT2D eigenvalue weighted by Gasteiger charge is -2.28. The Hall–Kier alpha value is -3.49. The standard InChI is InChI=1S/C24H27N7O/c1-17(29-24-20(23(25)27-16-28-24)15-30-10-12-32-13-11-30)19-14-18-6-3-5-9-31(18)22(19)21-7-2-4-8-26-21/h2-9,14,16-17H,10-13,15H2,1H3,(H3,25,27,28,29). The van der Waals surface area contributed by atoms with Gasteiger partial charge < -0.3 is 20.2 Å². The van der Waals surface area contributed by atoms with Crippen LogP contribution < -0.4 is 11.1 Å². The van der Waals surface area contributed by atoms with Crippen molar-refractivity contribution in [3.63, 3.8) is 0 Å². The Morgan fingerprint density at radius 2 is 1.94 bits per heavy atom. The van der Waals surface area contributed by atoms with Crippen molar-refractivity contribution >= 4 is 17.2 Å². The fraction of sp³-hybridized carbons (Fsp3) is 0.292. The van der Waals surface area contributed by atoms with Crippen molar-refractivity contribution in [1.82, 2.24) is 24.3 Å². The number of nitrogens with one attached hydrogen (secondary N) is 1. The monoisotopic (exact) mass is 429 g/mol. The van der Waals surface area contributed by atoms with Gasteiger partial charge in [0, 0.05) is 43.1 Å². The molecule has 5 heterocycles. The van der Waals surface area contributed by atoms with Gasteiger partial charge in [-0.2, -0.15) is 0 Å². The second-order valence-corrected chi connectivity index (χ2v) is 8.00. The van der Waals surface area contributed by atoms with Crippen LogP contribution in [0, 0.1) is 0 Å². The Morgan fingerprint density at radius 3 is 2.75 bits per heavy atom. The number of nitrogens with two attached hydrogens (primary N) is 1. The second-order valence-electron chi connectivity index (χ2n) is 8.00. The summed E-state index contributed by atoms with van der Waals surface area (Å²) < 4.78 is 7.66. The van der Waals surface area contributed by atoms with Crippen LogP contribution in [0.15, 0.2) is 61.2 Å². The maximum atomic E-state index is 6.27. The first-order chi connectivity index (χ1) is 15.7. The molecule has 8 nitrogen and oxygen atoms in total. The molecule has 1 atom stereocenters. The summed E-state index contributed by atoms with van der Waals surface area (Å²) in [6.45, 7) is 6.04. The smallest absolute Gasteiger partial charge is 0.136 e. The number of hydrogen-bond acceptors (Lipinski definition) is 7. The molecular formula is C24H27N7O. The molecule has 8 heteroatoms. The number of hydrogen-bond donors (Lipinski definition) is 2. The van der Waals surface area contributed by atoms with Gasteiger partial charge in [0.2, 0.25) is 0 Å². The molecule has 4 aromatic heterocycles. The van der Waals surface area contributed by atoms with Crippen molar-refractivity contribution in [2.24, 2.45) is 0 Å². The van der Waals surface area contributed by atoms with Crippen LogP contribution in [0.25, 0.3) is 16.9 Å². The molecule has 3 N–H and O–H groups in total. The zero-order chi connectivity index (χ0) is 21.9. The molecule has 1 aliphatic heterocycles. The molecule has 164 valence electrons. The summed E-state index contributed by atoms with van der Waals surface area (Å²) >= 11 is 0. The van der Waals surface area contributed by atoms with Gasteiger partial charge in [0.1, 0.15) is 18.0 Å². The number of pyridine rings is 2. The lowest BCUT2D eigenvalue weighted by molar-refractivity contribution is 0.0343. The highest BCUT2D eigenvalue weighted by Crippen LogP contribution is 2.33. The first-order valence-corrected chi connectivity index (χ1v) is 10.9. The van der Waals surface area contributed by atoms with Crippen molar-refractivity contribution in [1.29, 1.82) is 0 Å². The molecule has 0 saturated carbocycles. The van der Waals surface area contributed by atoms with E-state index in [-0.39, 0.29) is 6.04 Å². The predicted molar refractivity (Wildman–Crippen MR) is 125 cm³/mol. The van der Waals surface area contributed by atoms with Crippen molar-refractivity contribution < 1.29 is 4.74 Å². The number of fused-ring (bicyclic) bond motifs is 1. The minimum Gasteiger partial charge on any atom is -0.383 e. The molecule has 1 unspecified atom stereocenters. The Balaban J connectivity index is 1.50. The second kappa shape index (κ2) is 8.94. The first kappa shape index (κ1) is 20.4. The maximum absolute atomic E-state index is 6.27. The number of rotatable bonds is 6. The van der Waals surface area contributed by atoms with Gasteiger partial charge in [0.05, 0.1) is 36.2 Å². The minimum absolute atomic E-state index is 0.0235. The molecule has 1 fully saturated rings. The highest BCUT2D eigenvalue weighted by atomic mass is 16.5. The van der Waals surface area contributed by atoms with Crippen molar-refractivity contribution in [2.45, 2.75) is 19.5 Å². The Morgan fingerprint density at radius 1 is 1.09 bits per heavy atom. The fourth-order valence-electron chi connectivity index (χ4n) is 4.22. The Labute approximate surface area is 187 Å². The normalized spacial score (nSPS) is 15.7. The zero-order valence-electron chi connectivity index (χ0n) is 18.1. The van der Waals surface area contributed by atoms with E-state index in [4.69, 9.17) is 10.5 Å². The topological polar surface area (TPSA) is 93.6 Å². The van der Waals surface area contributed by atoms with Gasteiger partial charge in [-0.25, -0.2) is 9.97 Å². The van der Waals surface area contributed by atoms with Gasteiger partial charge in [-0.15, -0.1) is 0 Å². The maximum Gasteiger partial charge on any atom is 0.136 e. The summed E-state index contributed by atoms with van der Waals surface area (Å²) in [7, 11) is 0. The van der Waals surface area contributed by atoms with E-state index < -0.39 is 0 Å². The van der Waals surface area contributed by atoms with Crippen LogP contribution in [-0.4, -0.2) is 50.6 Å². The van der Waals surface area contributed by atoms with Crippen LogP contribution in [0.4, 0.5) is 11.6 Å². The lowest BCUT2D eigenvalue weighted by Crippen LogP contribution is -2.36. The van der Waals surface area contributed by atoms with Gasteiger partial charge in [0.15, 0.2) is 0 Å². The molecule has 1 saturated heterocycles. The van der Waals surface area contributed by atoms with Crippen LogP contribution in [0.2, 0.25) is 0 Å². The first-order valence-electron chi connectivity index (χ1n) is 10.9. The molecule has 1 aliphatic rings. The van der Waals surface area contributed by atoms with E-state index in [0.717, 1.165) is 60.2 Å². The third kappa shape index (κ3) is 4.02. The summed E-state index contributed by atoms with van der Waals surface area (Å²) in [5.74, 6) is 1.27. The molecule has 0 aliphatic carbocycles. The van der Waals surface area contributed by atoms with Gasteiger partial charge in [-0.3, -0.25) is 9.88 Å². The Bertz CT molecular complexity index is 1200. The van der Waals surface area contributed by atoms with E-state index >= 15 is 0 Å². The Kier molecular flexibility index (Phi) is 5.70. The zero-order valence-corrected chi connectivity index (χ0v) is 18.1. The predicted octanol–water partition coefficient (Wildman–Crippen LogP) is 3.38. The van der Waals surface area contributed by atoms with E-state index in [1.807, 2.05) is 36.5 Å². The molecule has 0 amide bonds. The van der Waals surface area contributed by atoms with Crippen LogP contribution in [0.3, 0.4) is 0 Å². The average molecular weight is 430 g/mol. The molecule has 0 spiro atoms. The van der Waals surface area contributed by atoms with Crippen LogP contribution in [0.1, 0.15) is 24.1 Å². The molecule has 0 bridgehead atoms. The van der Waals surface area contributed by atoms with E-state index in [0.29, 0.717) is 12.4 Å². The summed E-state index contributed by atoms with van der Waals surface area (Å²) in [5.41, 5.74) is 11.5. The SMILES string of the molecule is CC(Nc1ncnc(N)c1CN1CCOCC1)c1cc2ccccn2c1-c1ccccn1. The molecular weight excluding hydrogens is 402 g/mol. The van der Waals surface area contributed by atoms with E-state index in [2.05, 4.69) is 54.8 Å². The minimum atomic E-state index is -0.0235. The van der Waals surface area contributed by atoms with Crippen molar-refractivity contribution in [3.8, 4) is 11.4 Å². The third-order valence-corrected chi connectivity index (χ3v) is 5.90. The average Bonchev–Trinajstić information content (AvgIpc) is 3.22. The van der Waals surface area contributed by atoms with Crippen molar-refractivity contribution in [3.05, 3.63) is 72.3 Å². The number of anilines is 2. The summed E-state index contributed by atoms with van der Waals surface area (Å²) in [6, 6.07) is 14.4. The van der Waals surface area contributed by atoms with Crippen LogP contribution >= 0.6 is 0 Å². The van der Waals surface area contributed by atoms with Crippen LogP contribution in [0.5, 0.6) is 0 Å². The van der Waals surface area contributed by atoms with Gasteiger partial charge in [-0.1, -0.05) is 12.1 Å². The molecule has 0 aromatic carbocycles. The molecule has 5 rings (SSSR count). The largest absolute Gasteiger partial charge is 0.383 e. The van der Waals surface area contributed by atoms with E-state index in [9.17, 15) is 0 Å². The number of morpholine rings is 1. The highest BCUT2D eigenvalue weighted by molar-refractivity contribution is 5.71. The number of nitrogen functional groups attached to an aromatic ring is 1. The van der Waals surface area contributed by atoms with E-state index in [1.54, 1.807) is 0 Å². The quantitative estimate of drug-likeness (QED) is 0.485.